The SMILES string of the molecule is O=C(O)C1(CNc2n[nH]c(=O)[nH]c2=O)CCC1. The van der Waals surface area contributed by atoms with Crippen LogP contribution >= 0.6 is 0 Å². The number of hydrogen-bond acceptors (Lipinski definition) is 5. The highest BCUT2D eigenvalue weighted by atomic mass is 16.4. The van der Waals surface area contributed by atoms with Crippen molar-refractivity contribution in [2.45, 2.75) is 19.3 Å². The van der Waals surface area contributed by atoms with Crippen LogP contribution in [0.25, 0.3) is 0 Å². The Kier molecular flexibility index (Phi) is 2.70. The highest BCUT2D eigenvalue weighted by Gasteiger charge is 2.44. The van der Waals surface area contributed by atoms with E-state index in [9.17, 15) is 14.4 Å². The third-order valence-electron chi connectivity index (χ3n) is 3.07. The Bertz CT molecular complexity index is 542. The van der Waals surface area contributed by atoms with Gasteiger partial charge in [-0.1, -0.05) is 6.42 Å². The number of aromatic amines is 2. The Hall–Kier alpha value is -2.12. The third-order valence-corrected chi connectivity index (χ3v) is 3.07. The predicted octanol–water partition coefficient (Wildman–Crippen LogP) is -0.875. The molecule has 0 unspecified atom stereocenters. The van der Waals surface area contributed by atoms with Gasteiger partial charge in [-0.05, 0) is 12.8 Å². The number of nitrogens with zero attached hydrogens (tertiary/aromatic N) is 1. The van der Waals surface area contributed by atoms with Crippen LogP contribution in [-0.4, -0.2) is 32.8 Å². The zero-order valence-corrected chi connectivity index (χ0v) is 8.95. The van der Waals surface area contributed by atoms with Crippen LogP contribution < -0.4 is 16.6 Å². The summed E-state index contributed by atoms with van der Waals surface area (Å²) in [5.41, 5.74) is -2.17. The van der Waals surface area contributed by atoms with Gasteiger partial charge in [0.15, 0.2) is 0 Å². The van der Waals surface area contributed by atoms with Crippen molar-refractivity contribution in [2.24, 2.45) is 5.41 Å². The first-order valence-corrected chi connectivity index (χ1v) is 5.20. The van der Waals surface area contributed by atoms with Crippen LogP contribution in [-0.2, 0) is 4.79 Å². The first kappa shape index (κ1) is 11.4. The lowest BCUT2D eigenvalue weighted by atomic mass is 9.69. The van der Waals surface area contributed by atoms with Crippen molar-refractivity contribution in [3.05, 3.63) is 20.8 Å². The summed E-state index contributed by atoms with van der Waals surface area (Å²) in [5, 5.41) is 17.3. The molecule has 1 aromatic rings. The van der Waals surface area contributed by atoms with Crippen LogP contribution in [0.2, 0.25) is 0 Å². The molecule has 4 N–H and O–H groups in total. The average Bonchev–Trinajstić information content (AvgIpc) is 2.18. The van der Waals surface area contributed by atoms with Crippen LogP contribution in [0.15, 0.2) is 9.59 Å². The van der Waals surface area contributed by atoms with Crippen LogP contribution in [0.1, 0.15) is 19.3 Å². The van der Waals surface area contributed by atoms with Gasteiger partial charge >= 0.3 is 11.7 Å². The minimum absolute atomic E-state index is 0.0721. The Morgan fingerprint density at radius 3 is 2.65 bits per heavy atom. The topological polar surface area (TPSA) is 128 Å². The Morgan fingerprint density at radius 2 is 2.18 bits per heavy atom. The van der Waals surface area contributed by atoms with E-state index < -0.39 is 22.6 Å². The second-order valence-corrected chi connectivity index (χ2v) is 4.15. The molecule has 2 rings (SSSR count). The van der Waals surface area contributed by atoms with Gasteiger partial charge in [0.05, 0.1) is 5.41 Å². The number of H-pyrrole nitrogens is 2. The van der Waals surface area contributed by atoms with Gasteiger partial charge in [-0.2, -0.15) is 0 Å². The summed E-state index contributed by atoms with van der Waals surface area (Å²) in [4.78, 5) is 35.1. The highest BCUT2D eigenvalue weighted by molar-refractivity contribution is 5.76. The van der Waals surface area contributed by atoms with Crippen molar-refractivity contribution in [3.63, 3.8) is 0 Å². The van der Waals surface area contributed by atoms with Gasteiger partial charge in [0, 0.05) is 6.54 Å². The molecule has 0 bridgehead atoms. The van der Waals surface area contributed by atoms with Crippen molar-refractivity contribution in [1.82, 2.24) is 15.2 Å². The standard InChI is InChI=1S/C9H12N4O4/c14-6-5(12-13-8(17)11-6)10-4-9(7(15)16)2-1-3-9/h1-4H2,(H,10,12)(H,15,16)(H2,11,13,14,17). The Labute approximate surface area is 95.1 Å². The predicted molar refractivity (Wildman–Crippen MR) is 57.9 cm³/mol. The van der Waals surface area contributed by atoms with Crippen molar-refractivity contribution in [3.8, 4) is 0 Å². The molecule has 0 aromatic carbocycles. The lowest BCUT2D eigenvalue weighted by molar-refractivity contribution is -0.153. The van der Waals surface area contributed by atoms with E-state index in [1.165, 1.54) is 0 Å². The van der Waals surface area contributed by atoms with E-state index in [0.29, 0.717) is 12.8 Å². The molecule has 1 fully saturated rings. The van der Waals surface area contributed by atoms with Gasteiger partial charge in [-0.15, -0.1) is 5.10 Å². The minimum atomic E-state index is -0.878. The molecule has 1 heterocycles. The summed E-state index contributed by atoms with van der Waals surface area (Å²) in [6.45, 7) is 0.129. The number of nitrogens with one attached hydrogen (secondary N) is 3. The van der Waals surface area contributed by atoms with Crippen LogP contribution in [0.5, 0.6) is 0 Å². The number of carboxylic acid groups (broad SMARTS) is 1. The molecule has 8 nitrogen and oxygen atoms in total. The fraction of sp³-hybridized carbons (Fsp3) is 0.556. The van der Waals surface area contributed by atoms with E-state index in [2.05, 4.69) is 15.5 Å². The quantitative estimate of drug-likeness (QED) is 0.541. The zero-order valence-electron chi connectivity index (χ0n) is 8.95. The van der Waals surface area contributed by atoms with Crippen LogP contribution in [0, 0.1) is 5.41 Å². The van der Waals surface area contributed by atoms with Crippen LogP contribution in [0.3, 0.4) is 0 Å². The van der Waals surface area contributed by atoms with Gasteiger partial charge in [0.25, 0.3) is 5.56 Å². The van der Waals surface area contributed by atoms with Crippen LogP contribution in [0.4, 0.5) is 5.82 Å². The molecule has 1 aliphatic carbocycles. The summed E-state index contributed by atoms with van der Waals surface area (Å²) in [6, 6.07) is 0. The third kappa shape index (κ3) is 2.05. The molecular weight excluding hydrogens is 228 g/mol. The monoisotopic (exact) mass is 240 g/mol. The molecule has 17 heavy (non-hydrogen) atoms. The molecule has 8 heteroatoms. The summed E-state index contributed by atoms with van der Waals surface area (Å²) in [6.07, 6.45) is 2.02. The molecular formula is C9H12N4O4. The Balaban J connectivity index is 2.10. The average molecular weight is 240 g/mol. The molecule has 0 radical (unpaired) electrons. The summed E-state index contributed by atoms with van der Waals surface area (Å²) in [7, 11) is 0. The fourth-order valence-corrected chi connectivity index (χ4v) is 1.79. The number of rotatable bonds is 4. The van der Waals surface area contributed by atoms with Crippen molar-refractivity contribution in [1.29, 1.82) is 0 Å². The lowest BCUT2D eigenvalue weighted by Crippen LogP contribution is -2.44. The largest absolute Gasteiger partial charge is 0.481 e. The number of carboxylic acids is 1. The van der Waals surface area contributed by atoms with Gasteiger partial charge in [0.1, 0.15) is 0 Å². The maximum Gasteiger partial charge on any atom is 0.342 e. The van der Waals surface area contributed by atoms with E-state index in [0.717, 1.165) is 6.42 Å². The fourth-order valence-electron chi connectivity index (χ4n) is 1.79. The second-order valence-electron chi connectivity index (χ2n) is 4.15. The number of carbonyl (C=O) groups is 1. The molecule has 0 atom stereocenters. The van der Waals surface area contributed by atoms with Gasteiger partial charge < -0.3 is 10.4 Å². The number of hydrogen-bond donors (Lipinski definition) is 4. The van der Waals surface area contributed by atoms with E-state index in [4.69, 9.17) is 5.11 Å². The molecule has 1 aromatic heterocycles. The number of aliphatic carboxylic acids is 1. The normalized spacial score (nSPS) is 17.2. The lowest BCUT2D eigenvalue weighted by Gasteiger charge is -2.37. The highest BCUT2D eigenvalue weighted by Crippen LogP contribution is 2.40. The molecule has 1 aliphatic rings. The molecule has 0 aliphatic heterocycles. The van der Waals surface area contributed by atoms with Gasteiger partial charge in [-0.25, -0.2) is 9.89 Å². The summed E-state index contributed by atoms with van der Waals surface area (Å²) < 4.78 is 0. The number of aromatic nitrogens is 3. The zero-order chi connectivity index (χ0) is 12.5. The molecule has 0 spiro atoms. The van der Waals surface area contributed by atoms with Crippen molar-refractivity contribution >= 4 is 11.8 Å². The number of anilines is 1. The van der Waals surface area contributed by atoms with E-state index in [1.807, 2.05) is 4.98 Å². The summed E-state index contributed by atoms with van der Waals surface area (Å²) in [5.74, 6) is -0.950. The Morgan fingerprint density at radius 1 is 1.47 bits per heavy atom. The maximum atomic E-state index is 11.3. The summed E-state index contributed by atoms with van der Waals surface area (Å²) >= 11 is 0. The van der Waals surface area contributed by atoms with Crippen molar-refractivity contribution in [2.75, 3.05) is 11.9 Å². The molecule has 92 valence electrons. The van der Waals surface area contributed by atoms with E-state index in [1.54, 1.807) is 0 Å². The molecule has 0 amide bonds. The van der Waals surface area contributed by atoms with Gasteiger partial charge in [0.2, 0.25) is 5.82 Å². The van der Waals surface area contributed by atoms with E-state index >= 15 is 0 Å². The first-order chi connectivity index (χ1) is 8.03. The van der Waals surface area contributed by atoms with Gasteiger partial charge in [-0.3, -0.25) is 14.6 Å². The maximum absolute atomic E-state index is 11.3. The second kappa shape index (κ2) is 4.04. The van der Waals surface area contributed by atoms with E-state index in [-0.39, 0.29) is 12.4 Å². The first-order valence-electron chi connectivity index (χ1n) is 5.20. The smallest absolute Gasteiger partial charge is 0.342 e. The molecule has 0 saturated heterocycles. The van der Waals surface area contributed by atoms with Crippen molar-refractivity contribution < 1.29 is 9.90 Å². The molecule has 1 saturated carbocycles. The minimum Gasteiger partial charge on any atom is -0.481 e.